The number of nitrogens with zero attached hydrogens (tertiary/aromatic N) is 3. The van der Waals surface area contributed by atoms with Crippen LogP contribution < -0.4 is 5.32 Å². The number of ketones is 1. The minimum Gasteiger partial charge on any atom is -0.379 e. The Hall–Kier alpha value is -2.94. The molecule has 3 aromatic rings. The highest BCUT2D eigenvalue weighted by atomic mass is 32.1. The maximum absolute atomic E-state index is 13.2. The van der Waals surface area contributed by atoms with Crippen molar-refractivity contribution in [3.05, 3.63) is 64.7 Å². The molecule has 33 heavy (non-hydrogen) atoms. The van der Waals surface area contributed by atoms with E-state index in [4.69, 9.17) is 4.74 Å². The molecule has 5 rings (SSSR count). The predicted octanol–water partition coefficient (Wildman–Crippen LogP) is 3.74. The van der Waals surface area contributed by atoms with E-state index in [-0.39, 0.29) is 18.1 Å². The Balaban J connectivity index is 1.28. The fourth-order valence-electron chi connectivity index (χ4n) is 4.23. The fraction of sp³-hybridized carbons (Fsp3) is 0.360. The van der Waals surface area contributed by atoms with Crippen molar-refractivity contribution in [1.29, 1.82) is 0 Å². The number of ether oxygens (including phenoxy) is 1. The third-order valence-electron chi connectivity index (χ3n) is 6.37. The standard InChI is InChI=1S/C25H26N4O3S/c1-17-7-8-19(21(30)16-22-27-28-23(33-22)18-5-3-2-4-6-18)15-20(17)26-24(31)25(9-10-25)29-11-13-32-14-12-29/h2-8,15H,9-14,16H2,1H3,(H,26,31). The van der Waals surface area contributed by atoms with Gasteiger partial charge in [0.25, 0.3) is 0 Å². The second kappa shape index (κ2) is 9.13. The molecule has 1 saturated carbocycles. The summed E-state index contributed by atoms with van der Waals surface area (Å²) < 4.78 is 5.44. The molecule has 170 valence electrons. The van der Waals surface area contributed by atoms with E-state index >= 15 is 0 Å². The number of carbonyl (C=O) groups excluding carboxylic acids is 2. The molecule has 1 aliphatic heterocycles. The maximum atomic E-state index is 13.2. The number of Topliss-reactive ketones (excluding diaryl/α,β-unsaturated/α-hetero) is 1. The van der Waals surface area contributed by atoms with Gasteiger partial charge in [-0.2, -0.15) is 0 Å². The van der Waals surface area contributed by atoms with Gasteiger partial charge in [0.1, 0.15) is 15.6 Å². The molecule has 7 nitrogen and oxygen atoms in total. The summed E-state index contributed by atoms with van der Waals surface area (Å²) >= 11 is 1.43. The summed E-state index contributed by atoms with van der Waals surface area (Å²) in [6, 6.07) is 15.3. The van der Waals surface area contributed by atoms with Crippen molar-refractivity contribution < 1.29 is 14.3 Å². The van der Waals surface area contributed by atoms with Crippen LogP contribution in [0, 0.1) is 6.92 Å². The number of amides is 1. The zero-order valence-corrected chi connectivity index (χ0v) is 19.4. The molecule has 0 spiro atoms. The molecule has 2 aliphatic rings. The second-order valence-corrected chi connectivity index (χ2v) is 9.64. The highest BCUT2D eigenvalue weighted by Crippen LogP contribution is 2.43. The first kappa shape index (κ1) is 21.9. The molecule has 1 aromatic heterocycles. The molecular formula is C25H26N4O3S. The van der Waals surface area contributed by atoms with E-state index in [0.29, 0.717) is 29.5 Å². The Bertz CT molecular complexity index is 1170. The van der Waals surface area contributed by atoms with E-state index in [1.165, 1.54) is 11.3 Å². The van der Waals surface area contributed by atoms with Gasteiger partial charge in [-0.05, 0) is 31.4 Å². The molecular weight excluding hydrogens is 436 g/mol. The SMILES string of the molecule is Cc1ccc(C(=O)Cc2nnc(-c3ccccc3)s2)cc1NC(=O)C1(N2CCOCC2)CC1. The molecule has 1 aliphatic carbocycles. The summed E-state index contributed by atoms with van der Waals surface area (Å²) in [7, 11) is 0. The number of aromatic nitrogens is 2. The summed E-state index contributed by atoms with van der Waals surface area (Å²) in [5, 5.41) is 13.0. The first-order valence-corrected chi connectivity index (χ1v) is 12.0. The highest BCUT2D eigenvalue weighted by molar-refractivity contribution is 7.14. The summed E-state index contributed by atoms with van der Waals surface area (Å²) in [5.74, 6) is -0.0377. The maximum Gasteiger partial charge on any atom is 0.244 e. The molecule has 1 amide bonds. The van der Waals surface area contributed by atoms with E-state index in [1.54, 1.807) is 12.1 Å². The summed E-state index contributed by atoms with van der Waals surface area (Å²) in [6.07, 6.45) is 1.90. The minimum atomic E-state index is -0.434. The summed E-state index contributed by atoms with van der Waals surface area (Å²) in [5.41, 5.74) is 2.73. The Morgan fingerprint density at radius 2 is 1.85 bits per heavy atom. The average molecular weight is 463 g/mol. The Morgan fingerprint density at radius 1 is 1.09 bits per heavy atom. The first-order valence-electron chi connectivity index (χ1n) is 11.2. The van der Waals surface area contributed by atoms with Crippen molar-refractivity contribution in [1.82, 2.24) is 15.1 Å². The van der Waals surface area contributed by atoms with Crippen LogP contribution in [0.15, 0.2) is 48.5 Å². The van der Waals surface area contributed by atoms with Crippen LogP contribution >= 0.6 is 11.3 Å². The molecule has 1 saturated heterocycles. The van der Waals surface area contributed by atoms with Gasteiger partial charge in [0.15, 0.2) is 5.78 Å². The van der Waals surface area contributed by atoms with Crippen LogP contribution in [0.2, 0.25) is 0 Å². The van der Waals surface area contributed by atoms with Gasteiger partial charge in [-0.3, -0.25) is 14.5 Å². The number of rotatable bonds is 7. The van der Waals surface area contributed by atoms with E-state index in [2.05, 4.69) is 20.4 Å². The molecule has 0 radical (unpaired) electrons. The monoisotopic (exact) mass is 462 g/mol. The van der Waals surface area contributed by atoms with Gasteiger partial charge in [-0.25, -0.2) is 0 Å². The van der Waals surface area contributed by atoms with Crippen LogP contribution in [0.25, 0.3) is 10.6 Å². The fourth-order valence-corrected chi connectivity index (χ4v) is 5.07. The minimum absolute atomic E-state index is 0.00808. The third-order valence-corrected chi connectivity index (χ3v) is 7.34. The van der Waals surface area contributed by atoms with Crippen LogP contribution in [0.5, 0.6) is 0 Å². The normalized spacial score (nSPS) is 17.5. The third kappa shape index (κ3) is 4.59. The van der Waals surface area contributed by atoms with Gasteiger partial charge < -0.3 is 10.1 Å². The van der Waals surface area contributed by atoms with Gasteiger partial charge >= 0.3 is 0 Å². The molecule has 2 heterocycles. The highest BCUT2D eigenvalue weighted by Gasteiger charge is 2.54. The second-order valence-electron chi connectivity index (χ2n) is 8.58. The van der Waals surface area contributed by atoms with E-state index in [1.807, 2.05) is 43.3 Å². The van der Waals surface area contributed by atoms with E-state index in [9.17, 15) is 9.59 Å². The lowest BCUT2D eigenvalue weighted by Gasteiger charge is -2.34. The van der Waals surface area contributed by atoms with Crippen molar-refractivity contribution in [3.63, 3.8) is 0 Å². The number of anilines is 1. The zero-order valence-electron chi connectivity index (χ0n) is 18.5. The van der Waals surface area contributed by atoms with Gasteiger partial charge in [0, 0.05) is 29.9 Å². The molecule has 0 atom stereocenters. The van der Waals surface area contributed by atoms with Gasteiger partial charge in [0.05, 0.1) is 19.6 Å². The number of nitrogens with one attached hydrogen (secondary N) is 1. The van der Waals surface area contributed by atoms with Gasteiger partial charge in [-0.1, -0.05) is 53.8 Å². The summed E-state index contributed by atoms with van der Waals surface area (Å²) in [4.78, 5) is 28.4. The first-order chi connectivity index (χ1) is 16.0. The number of carbonyl (C=O) groups is 2. The van der Waals surface area contributed by atoms with Crippen molar-refractivity contribution >= 4 is 28.7 Å². The number of benzene rings is 2. The Labute approximate surface area is 196 Å². The van der Waals surface area contributed by atoms with Crippen LogP contribution in [0.1, 0.15) is 33.8 Å². The Morgan fingerprint density at radius 3 is 2.58 bits per heavy atom. The van der Waals surface area contributed by atoms with E-state index in [0.717, 1.165) is 42.1 Å². The molecule has 8 heteroatoms. The topological polar surface area (TPSA) is 84.4 Å². The van der Waals surface area contributed by atoms with Crippen LogP contribution in [0.4, 0.5) is 5.69 Å². The number of aryl methyl sites for hydroxylation is 1. The van der Waals surface area contributed by atoms with Crippen molar-refractivity contribution in [2.45, 2.75) is 31.7 Å². The zero-order chi connectivity index (χ0) is 22.8. The quantitative estimate of drug-likeness (QED) is 0.539. The molecule has 2 aromatic carbocycles. The van der Waals surface area contributed by atoms with Crippen molar-refractivity contribution in [3.8, 4) is 10.6 Å². The average Bonchev–Trinajstić information content (AvgIpc) is 3.54. The van der Waals surface area contributed by atoms with E-state index < -0.39 is 5.54 Å². The molecule has 2 fully saturated rings. The molecule has 0 bridgehead atoms. The smallest absolute Gasteiger partial charge is 0.244 e. The number of hydrogen-bond donors (Lipinski definition) is 1. The lowest BCUT2D eigenvalue weighted by molar-refractivity contribution is -0.124. The lowest BCUT2D eigenvalue weighted by atomic mass is 10.0. The molecule has 0 unspecified atom stereocenters. The number of morpholine rings is 1. The van der Waals surface area contributed by atoms with Gasteiger partial charge in [-0.15, -0.1) is 10.2 Å². The van der Waals surface area contributed by atoms with Crippen molar-refractivity contribution in [2.24, 2.45) is 0 Å². The number of hydrogen-bond acceptors (Lipinski definition) is 7. The van der Waals surface area contributed by atoms with Crippen LogP contribution in [-0.4, -0.2) is 58.6 Å². The summed E-state index contributed by atoms with van der Waals surface area (Å²) in [6.45, 7) is 4.82. The van der Waals surface area contributed by atoms with Crippen LogP contribution in [-0.2, 0) is 16.0 Å². The predicted molar refractivity (Wildman–Crippen MR) is 128 cm³/mol. The van der Waals surface area contributed by atoms with Crippen LogP contribution in [0.3, 0.4) is 0 Å². The largest absolute Gasteiger partial charge is 0.379 e. The van der Waals surface area contributed by atoms with Gasteiger partial charge in [0.2, 0.25) is 5.91 Å². The van der Waals surface area contributed by atoms with Crippen molar-refractivity contribution in [2.75, 3.05) is 31.6 Å². The molecule has 1 N–H and O–H groups in total. The lowest BCUT2D eigenvalue weighted by Crippen LogP contribution is -2.51. The Kier molecular flexibility index (Phi) is 6.05.